The number of hydrogen-bond acceptors (Lipinski definition) is 6. The molecule has 4 heterocycles. The normalized spacial score (nSPS) is 18.7. The summed E-state index contributed by atoms with van der Waals surface area (Å²) in [4.78, 5) is 15.4. The molecule has 0 aromatic carbocycles. The molecule has 0 spiro atoms. The van der Waals surface area contributed by atoms with Gasteiger partial charge in [0.05, 0.1) is 16.4 Å². The number of aromatic nitrogens is 2. The van der Waals surface area contributed by atoms with Gasteiger partial charge in [0.1, 0.15) is 10.6 Å². The zero-order valence-corrected chi connectivity index (χ0v) is 14.9. The van der Waals surface area contributed by atoms with Crippen LogP contribution < -0.4 is 4.90 Å². The number of anilines is 1. The molecule has 1 N–H and O–H groups in total. The van der Waals surface area contributed by atoms with E-state index in [2.05, 4.69) is 30.2 Å². The van der Waals surface area contributed by atoms with E-state index in [4.69, 9.17) is 9.97 Å². The molecule has 1 unspecified atom stereocenters. The van der Waals surface area contributed by atoms with Crippen molar-refractivity contribution in [3.63, 3.8) is 0 Å². The van der Waals surface area contributed by atoms with Crippen LogP contribution in [0.4, 0.5) is 5.82 Å². The first-order chi connectivity index (χ1) is 11.1. The summed E-state index contributed by atoms with van der Waals surface area (Å²) >= 11 is 3.40. The van der Waals surface area contributed by atoms with Gasteiger partial charge in [-0.25, -0.2) is 9.97 Å². The van der Waals surface area contributed by atoms with Crippen LogP contribution >= 0.6 is 22.7 Å². The number of fused-ring (bicyclic) bond motifs is 1. The molecule has 0 saturated carbocycles. The van der Waals surface area contributed by atoms with Gasteiger partial charge in [0.15, 0.2) is 5.82 Å². The van der Waals surface area contributed by atoms with Crippen molar-refractivity contribution in [1.29, 1.82) is 0 Å². The average Bonchev–Trinajstić information content (AvgIpc) is 3.16. The molecule has 4 nitrogen and oxygen atoms in total. The Labute approximate surface area is 143 Å². The second-order valence-electron chi connectivity index (χ2n) is 6.05. The van der Waals surface area contributed by atoms with Crippen molar-refractivity contribution in [3.8, 4) is 10.7 Å². The third-order valence-corrected chi connectivity index (χ3v) is 6.41. The van der Waals surface area contributed by atoms with Gasteiger partial charge in [-0.2, -0.15) is 0 Å². The minimum atomic E-state index is -0.265. The number of thiophene rings is 2. The molecule has 0 aliphatic carbocycles. The highest BCUT2D eigenvalue weighted by Gasteiger charge is 2.24. The second kappa shape index (κ2) is 5.85. The monoisotopic (exact) mass is 345 g/mol. The summed E-state index contributed by atoms with van der Waals surface area (Å²) in [6.07, 6.45) is 1.62. The summed E-state index contributed by atoms with van der Waals surface area (Å²) in [7, 11) is 0. The fraction of sp³-hybridized carbons (Fsp3) is 0.412. The SMILES string of the molecule is Cc1sc2nc(-c3cccs3)nc(N3CCCC(O)C3)c2c1C. The van der Waals surface area contributed by atoms with Crippen LogP contribution in [0.3, 0.4) is 0 Å². The van der Waals surface area contributed by atoms with Gasteiger partial charge in [-0.1, -0.05) is 6.07 Å². The van der Waals surface area contributed by atoms with E-state index in [1.807, 2.05) is 6.07 Å². The zero-order chi connectivity index (χ0) is 16.0. The maximum Gasteiger partial charge on any atom is 0.173 e. The number of β-amino-alcohol motifs (C(OH)–C–C–N with tert-alkyl or cyclic N) is 1. The van der Waals surface area contributed by atoms with Crippen LogP contribution in [0.15, 0.2) is 17.5 Å². The number of piperidine rings is 1. The Morgan fingerprint density at radius 2 is 2.17 bits per heavy atom. The Morgan fingerprint density at radius 1 is 1.30 bits per heavy atom. The fourth-order valence-electron chi connectivity index (χ4n) is 3.12. The Bertz CT molecular complexity index is 841. The highest BCUT2D eigenvalue weighted by atomic mass is 32.1. The zero-order valence-electron chi connectivity index (χ0n) is 13.2. The summed E-state index contributed by atoms with van der Waals surface area (Å²) < 4.78 is 0. The lowest BCUT2D eigenvalue weighted by Crippen LogP contribution is -2.38. The minimum absolute atomic E-state index is 0.265. The molecule has 3 aromatic heterocycles. The topological polar surface area (TPSA) is 49.2 Å². The van der Waals surface area contributed by atoms with E-state index >= 15 is 0 Å². The average molecular weight is 345 g/mol. The van der Waals surface area contributed by atoms with Crippen LogP contribution in [-0.4, -0.2) is 34.3 Å². The Hall–Kier alpha value is -1.50. The van der Waals surface area contributed by atoms with Crippen molar-refractivity contribution >= 4 is 38.7 Å². The Balaban J connectivity index is 1.92. The van der Waals surface area contributed by atoms with Crippen LogP contribution in [0.5, 0.6) is 0 Å². The number of rotatable bonds is 2. The van der Waals surface area contributed by atoms with Crippen molar-refractivity contribution in [2.75, 3.05) is 18.0 Å². The summed E-state index contributed by atoms with van der Waals surface area (Å²) in [5, 5.41) is 13.3. The smallest absolute Gasteiger partial charge is 0.173 e. The van der Waals surface area contributed by atoms with Crippen LogP contribution in [-0.2, 0) is 0 Å². The molecule has 0 bridgehead atoms. The molecule has 0 amide bonds. The number of hydrogen-bond donors (Lipinski definition) is 1. The molecule has 120 valence electrons. The third kappa shape index (κ3) is 2.65. The third-order valence-electron chi connectivity index (χ3n) is 4.45. The predicted octanol–water partition coefficient (Wildman–Crippen LogP) is 4.00. The second-order valence-corrected chi connectivity index (χ2v) is 8.20. The van der Waals surface area contributed by atoms with E-state index in [0.717, 1.165) is 46.1 Å². The summed E-state index contributed by atoms with van der Waals surface area (Å²) in [6, 6.07) is 4.09. The molecule has 1 aliphatic rings. The van der Waals surface area contributed by atoms with Gasteiger partial charge >= 0.3 is 0 Å². The molecule has 0 radical (unpaired) electrons. The van der Waals surface area contributed by atoms with Crippen LogP contribution in [0, 0.1) is 13.8 Å². The molecular formula is C17H19N3OS2. The van der Waals surface area contributed by atoms with Crippen molar-refractivity contribution in [2.24, 2.45) is 0 Å². The molecule has 23 heavy (non-hydrogen) atoms. The highest BCUT2D eigenvalue weighted by Crippen LogP contribution is 2.38. The highest BCUT2D eigenvalue weighted by molar-refractivity contribution is 7.19. The molecule has 6 heteroatoms. The number of nitrogens with zero attached hydrogens (tertiary/aromatic N) is 3. The van der Waals surface area contributed by atoms with Crippen molar-refractivity contribution in [1.82, 2.24) is 9.97 Å². The van der Waals surface area contributed by atoms with Crippen molar-refractivity contribution in [3.05, 3.63) is 28.0 Å². The molecule has 3 aromatic rings. The van der Waals surface area contributed by atoms with E-state index in [1.54, 1.807) is 22.7 Å². The maximum atomic E-state index is 10.1. The van der Waals surface area contributed by atoms with E-state index in [1.165, 1.54) is 10.4 Å². The number of aliphatic hydroxyl groups excluding tert-OH is 1. The van der Waals surface area contributed by atoms with Crippen LogP contribution in [0.25, 0.3) is 20.9 Å². The lowest BCUT2D eigenvalue weighted by Gasteiger charge is -2.31. The summed E-state index contributed by atoms with van der Waals surface area (Å²) in [6.45, 7) is 5.89. The van der Waals surface area contributed by atoms with E-state index in [-0.39, 0.29) is 6.10 Å². The number of aryl methyl sites for hydroxylation is 2. The Morgan fingerprint density at radius 3 is 2.91 bits per heavy atom. The summed E-state index contributed by atoms with van der Waals surface area (Å²) in [5.41, 5.74) is 1.26. The molecule has 4 rings (SSSR count). The van der Waals surface area contributed by atoms with Gasteiger partial charge in [0.25, 0.3) is 0 Å². The molecular weight excluding hydrogens is 326 g/mol. The molecule has 1 fully saturated rings. The lowest BCUT2D eigenvalue weighted by molar-refractivity contribution is 0.154. The first kappa shape index (κ1) is 15.1. The minimum Gasteiger partial charge on any atom is -0.391 e. The number of aliphatic hydroxyl groups is 1. The van der Waals surface area contributed by atoms with Crippen LogP contribution in [0.1, 0.15) is 23.3 Å². The first-order valence-corrected chi connectivity index (χ1v) is 9.57. The van der Waals surface area contributed by atoms with Crippen LogP contribution in [0.2, 0.25) is 0 Å². The molecule has 1 atom stereocenters. The van der Waals surface area contributed by atoms with Crippen molar-refractivity contribution in [2.45, 2.75) is 32.8 Å². The molecule has 1 aliphatic heterocycles. The first-order valence-electron chi connectivity index (χ1n) is 7.88. The standard InChI is InChI=1S/C17H19N3OS2/c1-10-11(2)23-17-14(10)16(20-7-3-5-12(21)9-20)18-15(19-17)13-6-4-8-22-13/h4,6,8,12,21H,3,5,7,9H2,1-2H3. The Kier molecular flexibility index (Phi) is 3.83. The quantitative estimate of drug-likeness (QED) is 0.763. The predicted molar refractivity (Wildman–Crippen MR) is 97.7 cm³/mol. The summed E-state index contributed by atoms with van der Waals surface area (Å²) in [5.74, 6) is 1.78. The largest absolute Gasteiger partial charge is 0.391 e. The van der Waals surface area contributed by atoms with Gasteiger partial charge in [0, 0.05) is 18.0 Å². The van der Waals surface area contributed by atoms with E-state index in [9.17, 15) is 5.11 Å². The van der Waals surface area contributed by atoms with E-state index in [0.29, 0.717) is 6.54 Å². The van der Waals surface area contributed by atoms with Gasteiger partial charge < -0.3 is 10.0 Å². The lowest BCUT2D eigenvalue weighted by atomic mass is 10.1. The maximum absolute atomic E-state index is 10.1. The fourth-order valence-corrected chi connectivity index (χ4v) is 4.80. The molecule has 1 saturated heterocycles. The van der Waals surface area contributed by atoms with Crippen molar-refractivity contribution < 1.29 is 5.11 Å². The van der Waals surface area contributed by atoms with Gasteiger partial charge in [0.2, 0.25) is 0 Å². The van der Waals surface area contributed by atoms with E-state index < -0.39 is 0 Å². The van der Waals surface area contributed by atoms with Gasteiger partial charge in [-0.05, 0) is 43.7 Å². The van der Waals surface area contributed by atoms with Gasteiger partial charge in [-0.3, -0.25) is 0 Å². The van der Waals surface area contributed by atoms with Gasteiger partial charge in [-0.15, -0.1) is 22.7 Å².